The average molecular weight is 257 g/mol. The first kappa shape index (κ1) is 11.8. The molecule has 6 heteroatoms. The second-order valence-electron chi connectivity index (χ2n) is 4.89. The van der Waals surface area contributed by atoms with Crippen LogP contribution in [0.3, 0.4) is 0 Å². The van der Waals surface area contributed by atoms with Crippen molar-refractivity contribution < 1.29 is 0 Å². The van der Waals surface area contributed by atoms with Gasteiger partial charge in [-0.3, -0.25) is 9.89 Å². The van der Waals surface area contributed by atoms with Crippen LogP contribution in [0.15, 0.2) is 10.9 Å². The largest absolute Gasteiger partial charge is 0.356 e. The number of aromatic nitrogens is 3. The fraction of sp³-hybridized carbons (Fsp3) is 0.462. The van der Waals surface area contributed by atoms with Gasteiger partial charge in [-0.05, 0) is 26.2 Å². The maximum Gasteiger partial charge on any atom is 0.272 e. The number of hydrogen-bond donors (Lipinski definition) is 1. The summed E-state index contributed by atoms with van der Waals surface area (Å²) in [5, 5.41) is 12.4. The molecule has 0 amide bonds. The zero-order valence-corrected chi connectivity index (χ0v) is 10.8. The van der Waals surface area contributed by atoms with Crippen LogP contribution in [0.2, 0.25) is 0 Å². The number of aryl methyl sites for hydroxylation is 1. The molecule has 1 aliphatic heterocycles. The van der Waals surface area contributed by atoms with Crippen LogP contribution >= 0.6 is 0 Å². The van der Waals surface area contributed by atoms with E-state index in [4.69, 9.17) is 0 Å². The Morgan fingerprint density at radius 1 is 1.37 bits per heavy atom. The van der Waals surface area contributed by atoms with Crippen molar-refractivity contribution in [2.75, 3.05) is 18.0 Å². The van der Waals surface area contributed by atoms with E-state index in [9.17, 15) is 10.1 Å². The van der Waals surface area contributed by atoms with Crippen molar-refractivity contribution in [3.05, 3.63) is 27.7 Å². The van der Waals surface area contributed by atoms with Gasteiger partial charge in [0, 0.05) is 24.8 Å². The highest BCUT2D eigenvalue weighted by molar-refractivity contribution is 5.68. The van der Waals surface area contributed by atoms with E-state index in [0.717, 1.165) is 31.7 Å². The molecule has 3 heterocycles. The highest BCUT2D eigenvalue weighted by Gasteiger charge is 2.20. The van der Waals surface area contributed by atoms with Gasteiger partial charge in [-0.15, -0.1) is 0 Å². The molecule has 0 unspecified atom stereocenters. The Hall–Kier alpha value is -2.29. The highest BCUT2D eigenvalue weighted by Crippen LogP contribution is 2.24. The van der Waals surface area contributed by atoms with Crippen molar-refractivity contribution in [3.8, 4) is 6.07 Å². The first-order valence-corrected chi connectivity index (χ1v) is 6.48. The van der Waals surface area contributed by atoms with E-state index in [1.54, 1.807) is 6.92 Å². The lowest BCUT2D eigenvalue weighted by molar-refractivity contribution is 0.571. The lowest BCUT2D eigenvalue weighted by Crippen LogP contribution is -2.30. The fourth-order valence-electron chi connectivity index (χ4n) is 2.59. The Morgan fingerprint density at radius 3 is 2.79 bits per heavy atom. The molecular formula is C13H15N5O. The van der Waals surface area contributed by atoms with E-state index < -0.39 is 0 Å². The number of hydrogen-bond acceptors (Lipinski definition) is 4. The number of rotatable bonds is 1. The topological polar surface area (TPSA) is 77.2 Å². The number of nitrogens with zero attached hydrogens (tertiary/aromatic N) is 4. The third-order valence-electron chi connectivity index (χ3n) is 3.51. The Morgan fingerprint density at radius 2 is 2.11 bits per heavy atom. The lowest BCUT2D eigenvalue weighted by Gasteiger charge is -2.27. The van der Waals surface area contributed by atoms with Crippen molar-refractivity contribution >= 4 is 11.5 Å². The summed E-state index contributed by atoms with van der Waals surface area (Å²) in [5.41, 5.74) is 1.34. The van der Waals surface area contributed by atoms with Crippen LogP contribution in [-0.2, 0) is 0 Å². The minimum Gasteiger partial charge on any atom is -0.356 e. The summed E-state index contributed by atoms with van der Waals surface area (Å²) >= 11 is 0. The molecule has 0 saturated carbocycles. The molecular weight excluding hydrogens is 242 g/mol. The number of aromatic amines is 1. The molecule has 0 aromatic carbocycles. The van der Waals surface area contributed by atoms with Gasteiger partial charge in [-0.1, -0.05) is 0 Å². The molecule has 3 rings (SSSR count). The predicted octanol–water partition coefficient (Wildman–Crippen LogP) is 1.19. The third-order valence-corrected chi connectivity index (χ3v) is 3.51. The molecule has 1 fully saturated rings. The summed E-state index contributed by atoms with van der Waals surface area (Å²) in [4.78, 5) is 18.4. The maximum absolute atomic E-state index is 11.9. The van der Waals surface area contributed by atoms with Crippen molar-refractivity contribution in [1.82, 2.24) is 14.6 Å². The Kier molecular flexibility index (Phi) is 2.75. The molecule has 0 aliphatic carbocycles. The van der Waals surface area contributed by atoms with Gasteiger partial charge in [-0.25, -0.2) is 4.98 Å². The molecule has 2 aromatic rings. The number of anilines is 1. The van der Waals surface area contributed by atoms with Gasteiger partial charge in [-0.2, -0.15) is 9.78 Å². The lowest BCUT2D eigenvalue weighted by atomic mass is 10.1. The van der Waals surface area contributed by atoms with Crippen LogP contribution in [0.25, 0.3) is 5.65 Å². The van der Waals surface area contributed by atoms with Crippen LogP contribution < -0.4 is 10.5 Å². The molecule has 2 aromatic heterocycles. The standard InChI is InChI=1S/C13H15N5O/c1-9-7-11(19)18-12(15-9)10(8-14)13(16-18)17-5-3-2-4-6-17/h7,16H,2-6H2,1H3. The fourth-order valence-corrected chi connectivity index (χ4v) is 2.59. The van der Waals surface area contributed by atoms with E-state index in [1.807, 2.05) is 0 Å². The molecule has 1 saturated heterocycles. The number of piperidine rings is 1. The zero-order valence-electron chi connectivity index (χ0n) is 10.8. The van der Waals surface area contributed by atoms with Crippen LogP contribution in [0.1, 0.15) is 30.5 Å². The zero-order chi connectivity index (χ0) is 13.4. The summed E-state index contributed by atoms with van der Waals surface area (Å²) < 4.78 is 1.36. The molecule has 19 heavy (non-hydrogen) atoms. The van der Waals surface area contributed by atoms with E-state index in [1.165, 1.54) is 17.0 Å². The van der Waals surface area contributed by atoms with Gasteiger partial charge in [0.15, 0.2) is 5.65 Å². The van der Waals surface area contributed by atoms with Gasteiger partial charge in [0.05, 0.1) is 0 Å². The van der Waals surface area contributed by atoms with Gasteiger partial charge in [0.1, 0.15) is 17.5 Å². The van der Waals surface area contributed by atoms with Gasteiger partial charge in [0.25, 0.3) is 5.56 Å². The van der Waals surface area contributed by atoms with Crippen molar-refractivity contribution in [1.29, 1.82) is 5.26 Å². The van der Waals surface area contributed by atoms with Crippen molar-refractivity contribution in [3.63, 3.8) is 0 Å². The van der Waals surface area contributed by atoms with Gasteiger partial charge < -0.3 is 4.90 Å². The van der Waals surface area contributed by atoms with E-state index in [-0.39, 0.29) is 5.56 Å². The van der Waals surface area contributed by atoms with E-state index in [0.29, 0.717) is 16.9 Å². The van der Waals surface area contributed by atoms with Crippen molar-refractivity contribution in [2.45, 2.75) is 26.2 Å². The minimum absolute atomic E-state index is 0.178. The Balaban J connectivity index is 2.22. The Labute approximate surface area is 110 Å². The number of nitrogens with one attached hydrogen (secondary N) is 1. The molecule has 0 atom stereocenters. The SMILES string of the molecule is Cc1cc(=O)n2[nH]c(N3CCCCC3)c(C#N)c2n1. The second kappa shape index (κ2) is 4.43. The molecule has 6 nitrogen and oxygen atoms in total. The monoisotopic (exact) mass is 257 g/mol. The van der Waals surface area contributed by atoms with Gasteiger partial charge in [0.2, 0.25) is 0 Å². The number of nitriles is 1. The molecule has 0 radical (unpaired) electrons. The Bertz CT molecular complexity index is 715. The number of fused-ring (bicyclic) bond motifs is 1. The molecule has 0 bridgehead atoms. The maximum atomic E-state index is 11.9. The van der Waals surface area contributed by atoms with Crippen LogP contribution in [0.4, 0.5) is 5.82 Å². The van der Waals surface area contributed by atoms with Crippen LogP contribution in [-0.4, -0.2) is 27.7 Å². The summed E-state index contributed by atoms with van der Waals surface area (Å²) in [5.74, 6) is 0.720. The molecule has 1 N–H and O–H groups in total. The smallest absolute Gasteiger partial charge is 0.272 e. The molecule has 98 valence electrons. The summed E-state index contributed by atoms with van der Waals surface area (Å²) in [6.45, 7) is 3.58. The van der Waals surface area contributed by atoms with E-state index in [2.05, 4.69) is 21.1 Å². The van der Waals surface area contributed by atoms with Crippen LogP contribution in [0, 0.1) is 18.3 Å². The third kappa shape index (κ3) is 1.87. The first-order chi connectivity index (χ1) is 9.20. The first-order valence-electron chi connectivity index (χ1n) is 6.48. The second-order valence-corrected chi connectivity index (χ2v) is 4.89. The number of H-pyrrole nitrogens is 1. The minimum atomic E-state index is -0.178. The highest BCUT2D eigenvalue weighted by atomic mass is 16.1. The van der Waals surface area contributed by atoms with E-state index >= 15 is 0 Å². The predicted molar refractivity (Wildman–Crippen MR) is 71.3 cm³/mol. The van der Waals surface area contributed by atoms with Crippen molar-refractivity contribution in [2.24, 2.45) is 0 Å². The summed E-state index contributed by atoms with van der Waals surface area (Å²) in [7, 11) is 0. The van der Waals surface area contributed by atoms with Crippen LogP contribution in [0.5, 0.6) is 0 Å². The summed E-state index contributed by atoms with van der Waals surface area (Å²) in [6.07, 6.45) is 3.44. The normalized spacial score (nSPS) is 15.7. The summed E-state index contributed by atoms with van der Waals surface area (Å²) in [6, 6.07) is 3.64. The molecule has 0 spiro atoms. The average Bonchev–Trinajstić information content (AvgIpc) is 2.78. The molecule has 1 aliphatic rings. The van der Waals surface area contributed by atoms with Gasteiger partial charge >= 0.3 is 0 Å². The quantitative estimate of drug-likeness (QED) is 0.832.